The summed E-state index contributed by atoms with van der Waals surface area (Å²) in [6, 6.07) is 0.945. The van der Waals surface area contributed by atoms with Crippen LogP contribution < -0.4 is 5.32 Å². The maximum atomic E-state index is 2.67. The van der Waals surface area contributed by atoms with Crippen molar-refractivity contribution in [1.82, 2.24) is 4.90 Å². The first-order valence-corrected chi connectivity index (χ1v) is 4.52. The van der Waals surface area contributed by atoms with E-state index < -0.39 is 0 Å². The van der Waals surface area contributed by atoms with Gasteiger partial charge in [0.2, 0.25) is 0 Å². The highest BCUT2D eigenvalue weighted by Gasteiger charge is 2.28. The molecule has 2 heterocycles. The van der Waals surface area contributed by atoms with Gasteiger partial charge in [-0.05, 0) is 25.9 Å². The highest BCUT2D eigenvalue weighted by atomic mass is 15.2. The fourth-order valence-corrected chi connectivity index (χ4v) is 1.90. The Bertz CT molecular complexity index is 104. The monoisotopic (exact) mass is 141 g/mol. The molecular formula is C8H17N2+. The summed E-state index contributed by atoms with van der Waals surface area (Å²) in [7, 11) is 0. The fraction of sp³-hybridized carbons (Fsp3) is 1.00. The zero-order valence-electron chi connectivity index (χ0n) is 6.55. The summed E-state index contributed by atoms with van der Waals surface area (Å²) < 4.78 is 0. The van der Waals surface area contributed by atoms with E-state index in [1.165, 1.54) is 45.4 Å². The molecule has 0 aromatic carbocycles. The summed E-state index contributed by atoms with van der Waals surface area (Å²) in [5.74, 6) is 0. The number of nitrogens with two attached hydrogens (primary N) is 1. The Labute approximate surface area is 62.6 Å². The second-order valence-corrected chi connectivity index (χ2v) is 3.51. The van der Waals surface area contributed by atoms with Crippen molar-refractivity contribution in [2.24, 2.45) is 0 Å². The Balaban J connectivity index is 1.78. The first-order chi connectivity index (χ1) is 4.97. The van der Waals surface area contributed by atoms with Gasteiger partial charge in [-0.1, -0.05) is 6.42 Å². The third-order valence-electron chi connectivity index (χ3n) is 2.78. The van der Waals surface area contributed by atoms with Crippen LogP contribution in [0.2, 0.25) is 0 Å². The van der Waals surface area contributed by atoms with Crippen LogP contribution in [0.5, 0.6) is 0 Å². The molecule has 2 fully saturated rings. The van der Waals surface area contributed by atoms with Crippen LogP contribution in [0.3, 0.4) is 0 Å². The van der Waals surface area contributed by atoms with Crippen LogP contribution in [0, 0.1) is 0 Å². The fourth-order valence-electron chi connectivity index (χ4n) is 1.90. The number of likely N-dealkylation sites (tertiary alicyclic amines) is 1. The first kappa shape index (κ1) is 6.62. The Hall–Kier alpha value is -0.0800. The van der Waals surface area contributed by atoms with Crippen molar-refractivity contribution in [3.63, 3.8) is 0 Å². The molecule has 0 amide bonds. The van der Waals surface area contributed by atoms with Gasteiger partial charge in [-0.2, -0.15) is 0 Å². The molecule has 2 rings (SSSR count). The summed E-state index contributed by atoms with van der Waals surface area (Å²) in [5, 5.41) is 2.40. The van der Waals surface area contributed by atoms with Crippen LogP contribution in [0.4, 0.5) is 0 Å². The van der Waals surface area contributed by atoms with E-state index in [4.69, 9.17) is 0 Å². The quantitative estimate of drug-likeness (QED) is 0.518. The molecule has 0 atom stereocenters. The van der Waals surface area contributed by atoms with Gasteiger partial charge in [0.1, 0.15) is 6.04 Å². The van der Waals surface area contributed by atoms with Gasteiger partial charge in [-0.3, -0.25) is 4.90 Å². The topological polar surface area (TPSA) is 19.9 Å². The Morgan fingerprint density at radius 3 is 2.20 bits per heavy atom. The predicted molar refractivity (Wildman–Crippen MR) is 40.9 cm³/mol. The molecule has 10 heavy (non-hydrogen) atoms. The minimum atomic E-state index is 0.945. The lowest BCUT2D eigenvalue weighted by atomic mass is 10.1. The van der Waals surface area contributed by atoms with Crippen molar-refractivity contribution in [1.29, 1.82) is 0 Å². The molecule has 58 valence electrons. The highest BCUT2D eigenvalue weighted by molar-refractivity contribution is 4.76. The summed E-state index contributed by atoms with van der Waals surface area (Å²) in [6.45, 7) is 5.47. The van der Waals surface area contributed by atoms with Gasteiger partial charge in [0.05, 0.1) is 13.1 Å². The van der Waals surface area contributed by atoms with E-state index in [1.54, 1.807) is 0 Å². The number of hydrogen-bond acceptors (Lipinski definition) is 1. The van der Waals surface area contributed by atoms with Crippen LogP contribution in [-0.2, 0) is 0 Å². The van der Waals surface area contributed by atoms with Crippen molar-refractivity contribution < 1.29 is 5.32 Å². The SMILES string of the molecule is C1CCN(C2C[NH2+]C2)CC1. The van der Waals surface area contributed by atoms with Gasteiger partial charge >= 0.3 is 0 Å². The largest absolute Gasteiger partial charge is 0.343 e. The lowest BCUT2D eigenvalue weighted by Crippen LogP contribution is -3.00. The van der Waals surface area contributed by atoms with Crippen LogP contribution >= 0.6 is 0 Å². The van der Waals surface area contributed by atoms with Gasteiger partial charge in [0, 0.05) is 0 Å². The third kappa shape index (κ3) is 1.18. The van der Waals surface area contributed by atoms with E-state index in [1.807, 2.05) is 0 Å². The summed E-state index contributed by atoms with van der Waals surface area (Å²) >= 11 is 0. The molecular weight excluding hydrogens is 124 g/mol. The van der Waals surface area contributed by atoms with Crippen LogP contribution in [0.15, 0.2) is 0 Å². The summed E-state index contributed by atoms with van der Waals surface area (Å²) in [4.78, 5) is 2.67. The molecule has 2 nitrogen and oxygen atoms in total. The molecule has 2 aliphatic heterocycles. The zero-order valence-corrected chi connectivity index (χ0v) is 6.55. The van der Waals surface area contributed by atoms with Gasteiger partial charge in [-0.25, -0.2) is 0 Å². The van der Waals surface area contributed by atoms with Gasteiger partial charge in [0.15, 0.2) is 0 Å². The highest BCUT2D eigenvalue weighted by Crippen LogP contribution is 2.11. The maximum Gasteiger partial charge on any atom is 0.108 e. The second-order valence-electron chi connectivity index (χ2n) is 3.51. The average molecular weight is 141 g/mol. The van der Waals surface area contributed by atoms with Crippen molar-refractivity contribution in [2.75, 3.05) is 26.2 Å². The van der Waals surface area contributed by atoms with E-state index >= 15 is 0 Å². The number of rotatable bonds is 1. The second kappa shape index (κ2) is 2.89. The normalized spacial score (nSPS) is 30.0. The molecule has 0 unspecified atom stereocenters. The van der Waals surface area contributed by atoms with E-state index in [0.717, 1.165) is 6.04 Å². The Kier molecular flexibility index (Phi) is 1.91. The minimum Gasteiger partial charge on any atom is -0.343 e. The third-order valence-corrected chi connectivity index (χ3v) is 2.78. The van der Waals surface area contributed by atoms with Gasteiger partial charge in [0.25, 0.3) is 0 Å². The molecule has 0 spiro atoms. The number of nitrogens with zero attached hydrogens (tertiary/aromatic N) is 1. The molecule has 0 aromatic heterocycles. The molecule has 0 radical (unpaired) electrons. The maximum absolute atomic E-state index is 2.67. The molecule has 2 aliphatic rings. The smallest absolute Gasteiger partial charge is 0.108 e. The lowest BCUT2D eigenvalue weighted by molar-refractivity contribution is -0.717. The van der Waals surface area contributed by atoms with Crippen molar-refractivity contribution in [3.05, 3.63) is 0 Å². The molecule has 0 aromatic rings. The van der Waals surface area contributed by atoms with E-state index in [0.29, 0.717) is 0 Å². The first-order valence-electron chi connectivity index (χ1n) is 4.52. The van der Waals surface area contributed by atoms with Crippen LogP contribution in [0.25, 0.3) is 0 Å². The van der Waals surface area contributed by atoms with Crippen molar-refractivity contribution in [3.8, 4) is 0 Å². The predicted octanol–water partition coefficient (Wildman–Crippen LogP) is -0.582. The summed E-state index contributed by atoms with van der Waals surface area (Å²) in [6.07, 6.45) is 4.35. The average Bonchev–Trinajstić information content (AvgIpc) is 1.86. The number of quaternary nitrogens is 1. The van der Waals surface area contributed by atoms with Crippen molar-refractivity contribution in [2.45, 2.75) is 25.3 Å². The molecule has 0 bridgehead atoms. The number of piperidine rings is 1. The molecule has 2 N–H and O–H groups in total. The van der Waals surface area contributed by atoms with Gasteiger partial charge < -0.3 is 5.32 Å². The zero-order chi connectivity index (χ0) is 6.81. The molecule has 2 saturated heterocycles. The molecule has 2 heteroatoms. The number of hydrogen-bond donors (Lipinski definition) is 1. The van der Waals surface area contributed by atoms with E-state index in [9.17, 15) is 0 Å². The molecule has 0 saturated carbocycles. The van der Waals surface area contributed by atoms with Crippen LogP contribution in [-0.4, -0.2) is 37.1 Å². The van der Waals surface area contributed by atoms with E-state index in [2.05, 4.69) is 10.2 Å². The standard InChI is InChI=1S/C8H16N2/c1-2-4-10(5-3-1)8-6-9-7-8/h8-9H,1-7H2/p+1. The summed E-state index contributed by atoms with van der Waals surface area (Å²) in [5.41, 5.74) is 0. The van der Waals surface area contributed by atoms with E-state index in [-0.39, 0.29) is 0 Å². The minimum absolute atomic E-state index is 0.945. The van der Waals surface area contributed by atoms with Gasteiger partial charge in [-0.15, -0.1) is 0 Å². The molecule has 0 aliphatic carbocycles. The van der Waals surface area contributed by atoms with Crippen molar-refractivity contribution >= 4 is 0 Å². The lowest BCUT2D eigenvalue weighted by Gasteiger charge is -2.37. The Morgan fingerprint density at radius 2 is 1.70 bits per heavy atom. The van der Waals surface area contributed by atoms with Crippen LogP contribution in [0.1, 0.15) is 19.3 Å². The Morgan fingerprint density at radius 1 is 1.00 bits per heavy atom.